The van der Waals surface area contributed by atoms with Gasteiger partial charge in [-0.3, -0.25) is 0 Å². The van der Waals surface area contributed by atoms with Crippen molar-refractivity contribution < 1.29 is 4.42 Å². The molecule has 0 aliphatic rings. The highest BCUT2D eigenvalue weighted by molar-refractivity contribution is 6.31. The third-order valence-electron chi connectivity index (χ3n) is 3.20. The van der Waals surface area contributed by atoms with Crippen LogP contribution in [0.3, 0.4) is 0 Å². The fourth-order valence-electron chi connectivity index (χ4n) is 2.25. The monoisotopic (exact) mass is 283 g/mol. The molecule has 0 saturated heterocycles. The van der Waals surface area contributed by atoms with Crippen molar-refractivity contribution in [3.63, 3.8) is 0 Å². The first kappa shape index (κ1) is 12.9. The van der Waals surface area contributed by atoms with Crippen LogP contribution in [0.1, 0.15) is 17.0 Å². The van der Waals surface area contributed by atoms with Gasteiger partial charge in [0.2, 0.25) is 0 Å². The van der Waals surface area contributed by atoms with Crippen molar-refractivity contribution >= 4 is 22.7 Å². The topological polar surface area (TPSA) is 26.0 Å². The summed E-state index contributed by atoms with van der Waals surface area (Å²) in [5.41, 5.74) is 3.85. The minimum absolute atomic E-state index is 0.599. The van der Waals surface area contributed by atoms with E-state index in [9.17, 15) is 0 Å². The van der Waals surface area contributed by atoms with Gasteiger partial charge in [0.1, 0.15) is 5.52 Å². The summed E-state index contributed by atoms with van der Waals surface area (Å²) in [4.78, 5) is 4.53. The van der Waals surface area contributed by atoms with Crippen LogP contribution in [0.25, 0.3) is 11.1 Å². The lowest BCUT2D eigenvalue weighted by molar-refractivity contribution is 0.541. The normalized spacial score (nSPS) is 10.8. The molecule has 0 aliphatic carbocycles. The van der Waals surface area contributed by atoms with Crippen molar-refractivity contribution in [3.05, 3.63) is 77.2 Å². The second-order valence-corrected chi connectivity index (χ2v) is 5.04. The van der Waals surface area contributed by atoms with E-state index in [1.807, 2.05) is 48.5 Å². The molecule has 3 heteroatoms. The summed E-state index contributed by atoms with van der Waals surface area (Å²) >= 11 is 6.17. The maximum Gasteiger partial charge on any atom is 0.199 e. The molecule has 20 heavy (non-hydrogen) atoms. The maximum absolute atomic E-state index is 6.17. The summed E-state index contributed by atoms with van der Waals surface area (Å²) < 4.78 is 5.89. The molecule has 0 amide bonds. The van der Waals surface area contributed by atoms with Gasteiger partial charge in [-0.05, 0) is 24.1 Å². The SMILES string of the molecule is C=CCc1cccc2nc(Cc3ccccc3Cl)oc12. The molecule has 1 heterocycles. The molecule has 0 unspecified atom stereocenters. The highest BCUT2D eigenvalue weighted by Gasteiger charge is 2.10. The van der Waals surface area contributed by atoms with Gasteiger partial charge in [0.25, 0.3) is 0 Å². The molecule has 0 atom stereocenters. The average Bonchev–Trinajstić information content (AvgIpc) is 2.85. The molecule has 1 aromatic heterocycles. The Kier molecular flexibility index (Phi) is 3.57. The van der Waals surface area contributed by atoms with Crippen LogP contribution in [0, 0.1) is 0 Å². The standard InChI is InChI=1S/C17H14ClNO/c1-2-6-12-8-5-10-15-17(12)20-16(19-15)11-13-7-3-4-9-14(13)18/h2-5,7-10H,1,6,11H2. The number of para-hydroxylation sites is 1. The van der Waals surface area contributed by atoms with Crippen LogP contribution in [0.2, 0.25) is 5.02 Å². The molecule has 3 aromatic rings. The van der Waals surface area contributed by atoms with E-state index in [-0.39, 0.29) is 0 Å². The molecule has 0 bridgehead atoms. The summed E-state index contributed by atoms with van der Waals surface area (Å²) in [6, 6.07) is 13.7. The van der Waals surface area contributed by atoms with Gasteiger partial charge in [-0.2, -0.15) is 0 Å². The minimum Gasteiger partial charge on any atom is -0.440 e. The van der Waals surface area contributed by atoms with Gasteiger partial charge in [-0.1, -0.05) is 48.0 Å². The van der Waals surface area contributed by atoms with Crippen LogP contribution >= 0.6 is 11.6 Å². The number of hydrogen-bond donors (Lipinski definition) is 0. The first-order valence-corrected chi connectivity index (χ1v) is 6.87. The van der Waals surface area contributed by atoms with Crippen molar-refractivity contribution in [2.45, 2.75) is 12.8 Å². The van der Waals surface area contributed by atoms with Gasteiger partial charge in [0, 0.05) is 10.6 Å². The van der Waals surface area contributed by atoms with Crippen LogP contribution in [0.5, 0.6) is 0 Å². The van der Waals surface area contributed by atoms with Crippen molar-refractivity contribution in [3.8, 4) is 0 Å². The van der Waals surface area contributed by atoms with Gasteiger partial charge in [0.15, 0.2) is 11.5 Å². The van der Waals surface area contributed by atoms with Crippen molar-refractivity contribution in [2.24, 2.45) is 0 Å². The summed E-state index contributed by atoms with van der Waals surface area (Å²) in [7, 11) is 0. The van der Waals surface area contributed by atoms with E-state index < -0.39 is 0 Å². The summed E-state index contributed by atoms with van der Waals surface area (Å²) in [6.07, 6.45) is 3.24. The number of benzene rings is 2. The smallest absolute Gasteiger partial charge is 0.199 e. The molecule has 0 N–H and O–H groups in total. The van der Waals surface area contributed by atoms with Crippen molar-refractivity contribution in [1.29, 1.82) is 0 Å². The van der Waals surface area contributed by atoms with Crippen LogP contribution in [0.4, 0.5) is 0 Å². The number of rotatable bonds is 4. The van der Waals surface area contributed by atoms with Crippen LogP contribution in [0.15, 0.2) is 59.5 Å². The largest absolute Gasteiger partial charge is 0.440 e. The number of aromatic nitrogens is 1. The van der Waals surface area contributed by atoms with Gasteiger partial charge >= 0.3 is 0 Å². The van der Waals surface area contributed by atoms with E-state index in [1.54, 1.807) is 0 Å². The quantitative estimate of drug-likeness (QED) is 0.643. The second-order valence-electron chi connectivity index (χ2n) is 4.63. The molecule has 0 aliphatic heterocycles. The van der Waals surface area contributed by atoms with E-state index in [4.69, 9.17) is 16.0 Å². The van der Waals surface area contributed by atoms with E-state index in [0.29, 0.717) is 12.3 Å². The highest BCUT2D eigenvalue weighted by atomic mass is 35.5. The molecule has 3 rings (SSSR count). The lowest BCUT2D eigenvalue weighted by atomic mass is 10.1. The Hall–Kier alpha value is -2.06. The molecule has 2 aromatic carbocycles. The predicted molar refractivity (Wildman–Crippen MR) is 82.2 cm³/mol. The van der Waals surface area contributed by atoms with Gasteiger partial charge in [0.05, 0.1) is 6.42 Å². The third-order valence-corrected chi connectivity index (χ3v) is 3.57. The summed E-state index contributed by atoms with van der Waals surface area (Å²) in [5, 5.41) is 0.737. The van der Waals surface area contributed by atoms with E-state index >= 15 is 0 Å². The van der Waals surface area contributed by atoms with Crippen molar-refractivity contribution in [1.82, 2.24) is 4.98 Å². The number of oxazole rings is 1. The van der Waals surface area contributed by atoms with Gasteiger partial charge in [-0.15, -0.1) is 6.58 Å². The Balaban J connectivity index is 1.99. The number of allylic oxidation sites excluding steroid dienone is 1. The Morgan fingerprint density at radius 2 is 1.90 bits per heavy atom. The number of halogens is 1. The molecule has 100 valence electrons. The van der Waals surface area contributed by atoms with E-state index in [1.165, 1.54) is 0 Å². The molecule has 0 spiro atoms. The molecular formula is C17H14ClNO. The van der Waals surface area contributed by atoms with E-state index in [2.05, 4.69) is 11.6 Å². The molecular weight excluding hydrogens is 270 g/mol. The predicted octanol–water partition coefficient (Wildman–Crippen LogP) is 4.80. The maximum atomic E-state index is 6.17. The lowest BCUT2D eigenvalue weighted by Crippen LogP contribution is -1.88. The van der Waals surface area contributed by atoms with Crippen LogP contribution in [-0.4, -0.2) is 4.98 Å². The first-order chi connectivity index (χ1) is 9.78. The number of nitrogens with zero attached hydrogens (tertiary/aromatic N) is 1. The molecule has 0 fully saturated rings. The van der Waals surface area contributed by atoms with Gasteiger partial charge in [-0.25, -0.2) is 4.98 Å². The van der Waals surface area contributed by atoms with Crippen LogP contribution in [-0.2, 0) is 12.8 Å². The minimum atomic E-state index is 0.599. The Morgan fingerprint density at radius 3 is 2.70 bits per heavy atom. The van der Waals surface area contributed by atoms with E-state index in [0.717, 1.165) is 33.7 Å². The number of hydrogen-bond acceptors (Lipinski definition) is 2. The molecule has 0 radical (unpaired) electrons. The molecule has 0 saturated carbocycles. The summed E-state index contributed by atoms with van der Waals surface area (Å²) in [6.45, 7) is 3.77. The lowest BCUT2D eigenvalue weighted by Gasteiger charge is -1.99. The van der Waals surface area contributed by atoms with Crippen LogP contribution < -0.4 is 0 Å². The Bertz CT molecular complexity index is 761. The highest BCUT2D eigenvalue weighted by Crippen LogP contribution is 2.24. The fourth-order valence-corrected chi connectivity index (χ4v) is 2.45. The zero-order chi connectivity index (χ0) is 13.9. The summed E-state index contributed by atoms with van der Waals surface area (Å²) in [5.74, 6) is 0.685. The average molecular weight is 284 g/mol. The third kappa shape index (κ3) is 2.47. The molecule has 2 nitrogen and oxygen atoms in total. The van der Waals surface area contributed by atoms with Gasteiger partial charge < -0.3 is 4.42 Å². The van der Waals surface area contributed by atoms with Crippen molar-refractivity contribution in [2.75, 3.05) is 0 Å². The zero-order valence-electron chi connectivity index (χ0n) is 11.0. The zero-order valence-corrected chi connectivity index (χ0v) is 11.7. The first-order valence-electron chi connectivity index (χ1n) is 6.49. The Labute approximate surface area is 122 Å². The second kappa shape index (κ2) is 5.51. The fraction of sp³-hybridized carbons (Fsp3) is 0.118. The Morgan fingerprint density at radius 1 is 1.10 bits per heavy atom. The number of fused-ring (bicyclic) bond motifs is 1.